The van der Waals surface area contributed by atoms with Gasteiger partial charge in [0.05, 0.1) is 5.69 Å². The van der Waals surface area contributed by atoms with Gasteiger partial charge < -0.3 is 10.8 Å². The summed E-state index contributed by atoms with van der Waals surface area (Å²) in [5, 5.41) is 9.27. The van der Waals surface area contributed by atoms with Gasteiger partial charge >= 0.3 is 0 Å². The number of rotatable bonds is 5. The zero-order chi connectivity index (χ0) is 12.1. The predicted octanol–water partition coefficient (Wildman–Crippen LogP) is 2.28. The highest BCUT2D eigenvalue weighted by Crippen LogP contribution is 2.24. The lowest BCUT2D eigenvalue weighted by Crippen LogP contribution is -2.04. The van der Waals surface area contributed by atoms with Crippen LogP contribution >= 0.6 is 11.8 Å². The van der Waals surface area contributed by atoms with Gasteiger partial charge in [0.2, 0.25) is 0 Å². The second-order valence-corrected chi connectivity index (χ2v) is 5.49. The van der Waals surface area contributed by atoms with Crippen LogP contribution in [0.25, 0.3) is 0 Å². The Kier molecular flexibility index (Phi) is 5.09. The van der Waals surface area contributed by atoms with Crippen molar-refractivity contribution in [1.82, 2.24) is 4.98 Å². The van der Waals surface area contributed by atoms with Gasteiger partial charge in [0.25, 0.3) is 0 Å². The lowest BCUT2D eigenvalue weighted by Gasteiger charge is -2.12. The number of aryl methyl sites for hydroxylation is 1. The molecule has 1 aromatic rings. The molecular formula is C12H20N2OS. The van der Waals surface area contributed by atoms with Gasteiger partial charge in [0.1, 0.15) is 0 Å². The number of aromatic nitrogens is 1. The molecule has 16 heavy (non-hydrogen) atoms. The van der Waals surface area contributed by atoms with Crippen LogP contribution in [-0.2, 0) is 5.75 Å². The first kappa shape index (κ1) is 13.3. The number of thioether (sulfide) groups is 1. The molecule has 0 aromatic carbocycles. The molecule has 90 valence electrons. The van der Waals surface area contributed by atoms with Gasteiger partial charge in [0.15, 0.2) is 0 Å². The maximum absolute atomic E-state index is 8.82. The maximum Gasteiger partial charge on any atom is 0.0552 e. The Balaban J connectivity index is 2.64. The van der Waals surface area contributed by atoms with E-state index in [-0.39, 0.29) is 6.61 Å². The summed E-state index contributed by atoms with van der Waals surface area (Å²) in [7, 11) is 0. The topological polar surface area (TPSA) is 59.1 Å². The van der Waals surface area contributed by atoms with Gasteiger partial charge in [-0.25, -0.2) is 0 Å². The summed E-state index contributed by atoms with van der Waals surface area (Å²) in [5.41, 5.74) is 9.98. The van der Waals surface area contributed by atoms with Crippen molar-refractivity contribution in [3.05, 3.63) is 23.0 Å². The zero-order valence-electron chi connectivity index (χ0n) is 10.2. The molecule has 0 bridgehead atoms. The fourth-order valence-electron chi connectivity index (χ4n) is 1.42. The van der Waals surface area contributed by atoms with Gasteiger partial charge in [-0.05, 0) is 31.4 Å². The average Bonchev–Trinajstić information content (AvgIpc) is 2.25. The highest BCUT2D eigenvalue weighted by Gasteiger charge is 2.08. The first-order valence-corrected chi connectivity index (χ1v) is 6.54. The monoisotopic (exact) mass is 240 g/mol. The molecule has 0 aliphatic carbocycles. The Morgan fingerprint density at radius 3 is 2.81 bits per heavy atom. The van der Waals surface area contributed by atoms with Crippen molar-refractivity contribution in [2.24, 2.45) is 0 Å². The number of hydrogen-bond donors (Lipinski definition) is 2. The number of aliphatic hydroxyl groups excluding tert-OH is 1. The number of aliphatic hydroxyl groups is 1. The zero-order valence-corrected chi connectivity index (χ0v) is 11.0. The number of nitrogen functional groups attached to an aromatic ring is 1. The van der Waals surface area contributed by atoms with Crippen LogP contribution in [0, 0.1) is 13.8 Å². The molecule has 0 radical (unpaired) electrons. The van der Waals surface area contributed by atoms with Crippen LogP contribution in [0.15, 0.2) is 6.20 Å². The van der Waals surface area contributed by atoms with Crippen molar-refractivity contribution < 1.29 is 5.11 Å². The van der Waals surface area contributed by atoms with Gasteiger partial charge in [0, 0.05) is 29.5 Å². The van der Waals surface area contributed by atoms with Crippen molar-refractivity contribution in [2.45, 2.75) is 38.2 Å². The molecule has 1 aromatic heterocycles. The average molecular weight is 240 g/mol. The van der Waals surface area contributed by atoms with E-state index in [1.165, 1.54) is 0 Å². The fourth-order valence-corrected chi connectivity index (χ4v) is 2.43. The minimum atomic E-state index is 0.247. The summed E-state index contributed by atoms with van der Waals surface area (Å²) < 4.78 is 0. The highest BCUT2D eigenvalue weighted by atomic mass is 32.2. The number of hydrogen-bond acceptors (Lipinski definition) is 4. The Bertz CT molecular complexity index is 355. The third-order valence-corrected chi connectivity index (χ3v) is 3.96. The molecule has 1 unspecified atom stereocenters. The molecule has 4 heteroatoms. The van der Waals surface area contributed by atoms with Crippen molar-refractivity contribution >= 4 is 17.4 Å². The first-order chi connectivity index (χ1) is 7.56. The summed E-state index contributed by atoms with van der Waals surface area (Å²) in [6.45, 7) is 6.35. The second-order valence-electron chi connectivity index (χ2n) is 4.06. The molecular weight excluding hydrogens is 220 g/mol. The predicted molar refractivity (Wildman–Crippen MR) is 70.6 cm³/mol. The van der Waals surface area contributed by atoms with E-state index in [2.05, 4.69) is 11.9 Å². The number of anilines is 1. The number of pyridine rings is 1. The molecule has 0 fully saturated rings. The van der Waals surface area contributed by atoms with E-state index < -0.39 is 0 Å². The molecule has 0 saturated carbocycles. The van der Waals surface area contributed by atoms with E-state index in [1.807, 2.05) is 20.0 Å². The van der Waals surface area contributed by atoms with Crippen LogP contribution in [0.3, 0.4) is 0 Å². The molecule has 1 atom stereocenters. The summed E-state index contributed by atoms with van der Waals surface area (Å²) in [6, 6.07) is 0. The van der Waals surface area contributed by atoms with E-state index in [0.717, 1.165) is 34.7 Å². The molecule has 0 saturated heterocycles. The van der Waals surface area contributed by atoms with E-state index in [1.54, 1.807) is 11.8 Å². The standard InChI is InChI=1S/C12H20N2OS/c1-8-6-14-11(10(3)12(8)13)7-16-9(2)4-5-15/h6,9,15H,4-5,7H2,1-3H3,(H2,13,14). The van der Waals surface area contributed by atoms with Gasteiger partial charge in [-0.3, -0.25) is 4.98 Å². The minimum Gasteiger partial charge on any atom is -0.398 e. The highest BCUT2D eigenvalue weighted by molar-refractivity contribution is 7.99. The molecule has 3 N–H and O–H groups in total. The van der Waals surface area contributed by atoms with Crippen LogP contribution in [0.5, 0.6) is 0 Å². The number of nitrogens with zero attached hydrogens (tertiary/aromatic N) is 1. The van der Waals surface area contributed by atoms with Crippen molar-refractivity contribution in [3.8, 4) is 0 Å². The molecule has 3 nitrogen and oxygen atoms in total. The Hall–Kier alpha value is -0.740. The Morgan fingerprint density at radius 1 is 1.50 bits per heavy atom. The minimum absolute atomic E-state index is 0.247. The lowest BCUT2D eigenvalue weighted by molar-refractivity contribution is 0.289. The molecule has 0 spiro atoms. The number of nitrogens with two attached hydrogens (primary N) is 1. The first-order valence-electron chi connectivity index (χ1n) is 5.49. The van der Waals surface area contributed by atoms with Crippen molar-refractivity contribution in [1.29, 1.82) is 0 Å². The molecule has 0 aliphatic rings. The van der Waals surface area contributed by atoms with Gasteiger partial charge in [-0.2, -0.15) is 11.8 Å². The van der Waals surface area contributed by atoms with Crippen molar-refractivity contribution in [2.75, 3.05) is 12.3 Å². The normalized spacial score (nSPS) is 12.8. The van der Waals surface area contributed by atoms with Crippen LogP contribution < -0.4 is 5.73 Å². The van der Waals surface area contributed by atoms with E-state index in [0.29, 0.717) is 5.25 Å². The molecule has 0 aliphatic heterocycles. The third kappa shape index (κ3) is 3.39. The molecule has 0 amide bonds. The third-order valence-electron chi connectivity index (χ3n) is 2.72. The van der Waals surface area contributed by atoms with Gasteiger partial charge in [-0.1, -0.05) is 6.92 Å². The van der Waals surface area contributed by atoms with Crippen molar-refractivity contribution in [3.63, 3.8) is 0 Å². The maximum atomic E-state index is 8.82. The van der Waals surface area contributed by atoms with Crippen LogP contribution in [0.4, 0.5) is 5.69 Å². The Morgan fingerprint density at radius 2 is 2.19 bits per heavy atom. The fraction of sp³-hybridized carbons (Fsp3) is 0.583. The smallest absolute Gasteiger partial charge is 0.0552 e. The quantitative estimate of drug-likeness (QED) is 0.829. The van der Waals surface area contributed by atoms with Gasteiger partial charge in [-0.15, -0.1) is 0 Å². The SMILES string of the molecule is Cc1cnc(CSC(C)CCO)c(C)c1N. The van der Waals surface area contributed by atoms with E-state index in [4.69, 9.17) is 10.8 Å². The summed E-state index contributed by atoms with van der Waals surface area (Å²) >= 11 is 1.80. The molecule has 1 rings (SSSR count). The largest absolute Gasteiger partial charge is 0.398 e. The van der Waals surface area contributed by atoms with Crippen LogP contribution in [0.1, 0.15) is 30.2 Å². The summed E-state index contributed by atoms with van der Waals surface area (Å²) in [4.78, 5) is 4.41. The van der Waals surface area contributed by atoms with Crippen LogP contribution in [0.2, 0.25) is 0 Å². The lowest BCUT2D eigenvalue weighted by atomic mass is 10.1. The van der Waals surface area contributed by atoms with E-state index in [9.17, 15) is 0 Å². The summed E-state index contributed by atoms with van der Waals surface area (Å²) in [5.74, 6) is 0.859. The summed E-state index contributed by atoms with van der Waals surface area (Å²) in [6.07, 6.45) is 2.65. The van der Waals surface area contributed by atoms with E-state index >= 15 is 0 Å². The molecule has 1 heterocycles. The van der Waals surface area contributed by atoms with Crippen LogP contribution in [-0.4, -0.2) is 21.9 Å². The Labute approximate surface area is 101 Å². The second kappa shape index (κ2) is 6.11.